The van der Waals surface area contributed by atoms with Gasteiger partial charge in [0.1, 0.15) is 6.04 Å². The van der Waals surface area contributed by atoms with Crippen LogP contribution in [0.3, 0.4) is 0 Å². The lowest BCUT2D eigenvalue weighted by Crippen LogP contribution is -2.52. The molecule has 0 aromatic heterocycles. The summed E-state index contributed by atoms with van der Waals surface area (Å²) in [6, 6.07) is 29.1. The van der Waals surface area contributed by atoms with E-state index in [9.17, 15) is 19.5 Å². The third-order valence-electron chi connectivity index (χ3n) is 7.56. The van der Waals surface area contributed by atoms with Crippen molar-refractivity contribution >= 4 is 28.7 Å². The van der Waals surface area contributed by atoms with Crippen LogP contribution in [0, 0.1) is 0 Å². The monoisotopic (exact) mass is 521 g/mol. The Bertz CT molecular complexity index is 1490. The fourth-order valence-electron chi connectivity index (χ4n) is 5.40. The summed E-state index contributed by atoms with van der Waals surface area (Å²) in [5.41, 5.74) is 2.57. The van der Waals surface area contributed by atoms with E-state index in [-0.39, 0.29) is 19.1 Å². The molecule has 1 unspecified atom stereocenters. The first-order chi connectivity index (χ1) is 18.9. The first-order valence-electron chi connectivity index (χ1n) is 13.0. The molecule has 4 aromatic rings. The van der Waals surface area contributed by atoms with Crippen LogP contribution in [0.2, 0.25) is 0 Å². The maximum Gasteiger partial charge on any atom is 0.329 e. The number of nitrogens with zero attached hydrogens (tertiary/aromatic N) is 3. The van der Waals surface area contributed by atoms with Gasteiger partial charge < -0.3 is 19.8 Å². The normalized spacial score (nSPS) is 17.8. The molecule has 0 bridgehead atoms. The standard InChI is InChI=1S/C32H31N3O4/c1-22(26-19-11-17-25-16-9-10-18-27(25)26)33(2)30(36)28-29(31(37)38)35(21-24-14-7-4-8-15-24)32(39)34(28)20-23-12-5-3-6-13-23/h3-19,22,28-29H,20-21H2,1-2H3,(H,37,38)/t22?,28-,29+/m0/s1. The maximum atomic E-state index is 14.2. The molecule has 4 aromatic carbocycles. The molecule has 39 heavy (non-hydrogen) atoms. The van der Waals surface area contributed by atoms with Crippen molar-refractivity contribution in [1.82, 2.24) is 14.7 Å². The van der Waals surface area contributed by atoms with E-state index >= 15 is 0 Å². The summed E-state index contributed by atoms with van der Waals surface area (Å²) in [6.45, 7) is 2.14. The van der Waals surface area contributed by atoms with E-state index in [1.165, 1.54) is 9.80 Å². The number of amides is 3. The molecule has 5 rings (SSSR count). The average Bonchev–Trinajstić information content (AvgIpc) is 3.23. The van der Waals surface area contributed by atoms with Gasteiger partial charge in [-0.15, -0.1) is 0 Å². The smallest absolute Gasteiger partial charge is 0.329 e. The first-order valence-corrected chi connectivity index (χ1v) is 13.0. The number of carbonyl (C=O) groups is 3. The van der Waals surface area contributed by atoms with Crippen LogP contribution in [0.5, 0.6) is 0 Å². The van der Waals surface area contributed by atoms with Crippen LogP contribution < -0.4 is 0 Å². The second-order valence-corrected chi connectivity index (χ2v) is 9.93. The molecular formula is C32H31N3O4. The second-order valence-electron chi connectivity index (χ2n) is 9.93. The van der Waals surface area contributed by atoms with Crippen molar-refractivity contribution in [1.29, 1.82) is 0 Å². The lowest BCUT2D eigenvalue weighted by atomic mass is 9.97. The van der Waals surface area contributed by atoms with Gasteiger partial charge in [0.05, 0.1) is 6.04 Å². The predicted molar refractivity (Wildman–Crippen MR) is 150 cm³/mol. The van der Waals surface area contributed by atoms with Crippen molar-refractivity contribution < 1.29 is 19.5 Å². The molecule has 0 radical (unpaired) electrons. The molecule has 1 heterocycles. The largest absolute Gasteiger partial charge is 0.480 e. The van der Waals surface area contributed by atoms with Gasteiger partial charge in [0.2, 0.25) is 5.91 Å². The molecular weight excluding hydrogens is 490 g/mol. The molecule has 1 N–H and O–H groups in total. The minimum atomic E-state index is -1.34. The van der Waals surface area contributed by atoms with Gasteiger partial charge in [0.15, 0.2) is 6.04 Å². The molecule has 0 aliphatic carbocycles. The van der Waals surface area contributed by atoms with Crippen LogP contribution in [0.15, 0.2) is 103 Å². The summed E-state index contributed by atoms with van der Waals surface area (Å²) in [4.78, 5) is 45.0. The highest BCUT2D eigenvalue weighted by atomic mass is 16.4. The Labute approximate surface area is 227 Å². The number of hydrogen-bond donors (Lipinski definition) is 1. The quantitative estimate of drug-likeness (QED) is 0.340. The van der Waals surface area contributed by atoms with Crippen molar-refractivity contribution in [2.45, 2.75) is 38.1 Å². The molecule has 1 aliphatic heterocycles. The number of rotatable bonds is 8. The van der Waals surface area contributed by atoms with Crippen LogP contribution in [-0.4, -0.2) is 56.8 Å². The molecule has 0 spiro atoms. The van der Waals surface area contributed by atoms with E-state index in [2.05, 4.69) is 0 Å². The number of carbonyl (C=O) groups excluding carboxylic acids is 2. The average molecular weight is 522 g/mol. The topological polar surface area (TPSA) is 81.2 Å². The zero-order valence-corrected chi connectivity index (χ0v) is 22.0. The van der Waals surface area contributed by atoms with Gasteiger partial charge in [-0.2, -0.15) is 0 Å². The highest BCUT2D eigenvalue weighted by Crippen LogP contribution is 2.32. The Hall–Kier alpha value is -4.65. The van der Waals surface area contributed by atoms with Crippen molar-refractivity contribution in [3.63, 3.8) is 0 Å². The molecule has 7 heteroatoms. The molecule has 1 fully saturated rings. The molecule has 1 aliphatic rings. The lowest BCUT2D eigenvalue weighted by Gasteiger charge is -2.33. The van der Waals surface area contributed by atoms with E-state index in [1.807, 2.05) is 110 Å². The molecule has 3 amide bonds. The minimum Gasteiger partial charge on any atom is -0.480 e. The number of likely N-dealkylation sites (N-methyl/N-ethyl adjacent to an activating group) is 1. The number of carboxylic acid groups (broad SMARTS) is 1. The fourth-order valence-corrected chi connectivity index (χ4v) is 5.40. The van der Waals surface area contributed by atoms with E-state index in [0.29, 0.717) is 0 Å². The van der Waals surface area contributed by atoms with Crippen LogP contribution in [0.25, 0.3) is 10.8 Å². The van der Waals surface area contributed by atoms with Crippen molar-refractivity contribution in [2.75, 3.05) is 7.05 Å². The van der Waals surface area contributed by atoms with E-state index in [0.717, 1.165) is 27.5 Å². The van der Waals surface area contributed by atoms with Crippen molar-refractivity contribution in [2.24, 2.45) is 0 Å². The number of carboxylic acids is 1. The molecule has 1 saturated heterocycles. The summed E-state index contributed by atoms with van der Waals surface area (Å²) in [5.74, 6) is -1.62. The zero-order valence-electron chi connectivity index (χ0n) is 22.0. The predicted octanol–water partition coefficient (Wildman–Crippen LogP) is 5.32. The summed E-state index contributed by atoms with van der Waals surface area (Å²) in [6.07, 6.45) is 0. The zero-order chi connectivity index (χ0) is 27.5. The number of fused-ring (bicyclic) bond motifs is 1. The lowest BCUT2D eigenvalue weighted by molar-refractivity contribution is -0.148. The van der Waals surface area contributed by atoms with E-state index < -0.39 is 30.0 Å². The highest BCUT2D eigenvalue weighted by Gasteiger charge is 2.54. The van der Waals surface area contributed by atoms with Gasteiger partial charge >= 0.3 is 12.0 Å². The third-order valence-corrected chi connectivity index (χ3v) is 7.56. The highest BCUT2D eigenvalue weighted by molar-refractivity contribution is 5.98. The van der Waals surface area contributed by atoms with E-state index in [4.69, 9.17) is 0 Å². The van der Waals surface area contributed by atoms with Gasteiger partial charge in [-0.3, -0.25) is 4.79 Å². The third kappa shape index (κ3) is 5.08. The summed E-state index contributed by atoms with van der Waals surface area (Å²) in [5, 5.41) is 12.5. The molecule has 3 atom stereocenters. The van der Waals surface area contributed by atoms with Crippen LogP contribution in [-0.2, 0) is 22.7 Å². The van der Waals surface area contributed by atoms with Gasteiger partial charge in [-0.1, -0.05) is 103 Å². The van der Waals surface area contributed by atoms with Crippen LogP contribution >= 0.6 is 0 Å². The fraction of sp³-hybridized carbons (Fsp3) is 0.219. The first kappa shape index (κ1) is 26.0. The van der Waals surface area contributed by atoms with Gasteiger partial charge in [0, 0.05) is 20.1 Å². The van der Waals surface area contributed by atoms with Crippen molar-refractivity contribution in [3.8, 4) is 0 Å². The Morgan fingerprint density at radius 1 is 0.769 bits per heavy atom. The second kappa shape index (κ2) is 11.0. The van der Waals surface area contributed by atoms with E-state index in [1.54, 1.807) is 11.9 Å². The Balaban J connectivity index is 1.52. The minimum absolute atomic E-state index is 0.0916. The number of urea groups is 1. The Morgan fingerprint density at radius 3 is 1.87 bits per heavy atom. The Morgan fingerprint density at radius 2 is 1.28 bits per heavy atom. The summed E-state index contributed by atoms with van der Waals surface area (Å²) >= 11 is 0. The molecule has 0 saturated carbocycles. The van der Waals surface area contributed by atoms with Crippen LogP contribution in [0.4, 0.5) is 4.79 Å². The molecule has 198 valence electrons. The van der Waals surface area contributed by atoms with Crippen molar-refractivity contribution in [3.05, 3.63) is 120 Å². The molecule has 7 nitrogen and oxygen atoms in total. The number of benzene rings is 4. The van der Waals surface area contributed by atoms with Gasteiger partial charge in [-0.25, -0.2) is 9.59 Å². The summed E-state index contributed by atoms with van der Waals surface area (Å²) in [7, 11) is 1.68. The van der Waals surface area contributed by atoms with Gasteiger partial charge in [0.25, 0.3) is 0 Å². The maximum absolute atomic E-state index is 14.2. The summed E-state index contributed by atoms with van der Waals surface area (Å²) < 4.78 is 0. The number of hydrogen-bond acceptors (Lipinski definition) is 3. The number of aliphatic carboxylic acids is 1. The SMILES string of the molecule is CC(c1cccc2ccccc12)N(C)C(=O)[C@@H]1[C@H](C(=O)O)N(Cc2ccccc2)C(=O)N1Cc1ccccc1. The van der Waals surface area contributed by atoms with Crippen LogP contribution in [0.1, 0.15) is 29.7 Å². The Kier molecular flexibility index (Phi) is 7.32. The van der Waals surface area contributed by atoms with Gasteiger partial charge in [-0.05, 0) is 34.4 Å².